The van der Waals surface area contributed by atoms with Gasteiger partial charge in [-0.05, 0) is 39.3 Å². The van der Waals surface area contributed by atoms with E-state index in [9.17, 15) is 19.2 Å². The van der Waals surface area contributed by atoms with Crippen LogP contribution in [0.4, 0.5) is 4.79 Å². The third-order valence-electron chi connectivity index (χ3n) is 5.70. The summed E-state index contributed by atoms with van der Waals surface area (Å²) in [5, 5.41) is 3.35. The zero-order valence-corrected chi connectivity index (χ0v) is 17.9. The van der Waals surface area contributed by atoms with E-state index in [1.807, 2.05) is 36.9 Å². The highest BCUT2D eigenvalue weighted by Gasteiger charge is 2.47. The number of urea groups is 1. The summed E-state index contributed by atoms with van der Waals surface area (Å²) in [6.45, 7) is 9.50. The van der Waals surface area contributed by atoms with E-state index < -0.39 is 23.4 Å². The van der Waals surface area contributed by atoms with E-state index in [0.29, 0.717) is 38.2 Å². The summed E-state index contributed by atoms with van der Waals surface area (Å²) in [6, 6.07) is 5.18. The molecular weight excluding hydrogens is 386 g/mol. The van der Waals surface area contributed by atoms with E-state index in [1.54, 1.807) is 18.7 Å². The maximum Gasteiger partial charge on any atom is 0.344 e. The number of rotatable bonds is 5. The first-order valence-electron chi connectivity index (χ1n) is 10.2. The normalized spacial score (nSPS) is 22.3. The Bertz CT molecular complexity index is 858. The van der Waals surface area contributed by atoms with E-state index in [-0.39, 0.29) is 12.5 Å². The van der Waals surface area contributed by atoms with Gasteiger partial charge in [-0.15, -0.1) is 0 Å². The molecule has 2 fully saturated rings. The fraction of sp³-hybridized carbons (Fsp3) is 0.524. The van der Waals surface area contributed by atoms with Gasteiger partial charge in [0.25, 0.3) is 17.7 Å². The molecule has 0 aliphatic carbocycles. The Hall–Kier alpha value is -2.94. The molecule has 3 rings (SSSR count). The lowest BCUT2D eigenvalue weighted by molar-refractivity contribution is -0.139. The molecule has 1 aromatic carbocycles. The number of hydrogen-bond acceptors (Lipinski definition) is 5. The second kappa shape index (κ2) is 8.43. The molecule has 1 unspecified atom stereocenters. The summed E-state index contributed by atoms with van der Waals surface area (Å²) in [6.07, 6.45) is 0.431. The summed E-state index contributed by atoms with van der Waals surface area (Å²) < 4.78 is 0. The van der Waals surface area contributed by atoms with Crippen molar-refractivity contribution in [2.24, 2.45) is 0 Å². The van der Waals surface area contributed by atoms with Crippen LogP contribution in [0.25, 0.3) is 0 Å². The molecule has 5 amide bonds. The predicted molar refractivity (Wildman–Crippen MR) is 110 cm³/mol. The molecule has 2 N–H and O–H groups in total. The van der Waals surface area contributed by atoms with E-state index in [2.05, 4.69) is 10.7 Å². The van der Waals surface area contributed by atoms with Crippen molar-refractivity contribution in [1.29, 1.82) is 0 Å². The molecule has 0 saturated carbocycles. The van der Waals surface area contributed by atoms with Crippen LogP contribution in [0.15, 0.2) is 18.2 Å². The van der Waals surface area contributed by atoms with Gasteiger partial charge in [0.1, 0.15) is 5.54 Å². The lowest BCUT2D eigenvalue weighted by atomic mass is 10.00. The molecule has 2 saturated heterocycles. The van der Waals surface area contributed by atoms with Crippen LogP contribution >= 0.6 is 0 Å². The smallest absolute Gasteiger partial charge is 0.336 e. The zero-order chi connectivity index (χ0) is 22.1. The van der Waals surface area contributed by atoms with Gasteiger partial charge in [0.15, 0.2) is 0 Å². The van der Waals surface area contributed by atoms with Gasteiger partial charge in [0.2, 0.25) is 0 Å². The van der Waals surface area contributed by atoms with Gasteiger partial charge < -0.3 is 10.2 Å². The molecule has 1 atom stereocenters. The van der Waals surface area contributed by atoms with Crippen LogP contribution in [0.3, 0.4) is 0 Å². The average Bonchev–Trinajstić information content (AvgIpc) is 2.91. The van der Waals surface area contributed by atoms with Gasteiger partial charge in [-0.25, -0.2) is 4.79 Å². The fourth-order valence-corrected chi connectivity index (χ4v) is 3.78. The molecule has 0 bridgehead atoms. The molecule has 162 valence electrons. The van der Waals surface area contributed by atoms with Crippen LogP contribution < -0.4 is 10.7 Å². The van der Waals surface area contributed by atoms with Crippen molar-refractivity contribution < 1.29 is 19.2 Å². The number of hydrogen-bond donors (Lipinski definition) is 2. The highest BCUT2D eigenvalue weighted by Crippen LogP contribution is 2.19. The van der Waals surface area contributed by atoms with Gasteiger partial charge in [-0.1, -0.05) is 24.1 Å². The molecule has 30 heavy (non-hydrogen) atoms. The summed E-state index contributed by atoms with van der Waals surface area (Å²) in [7, 11) is 0. The van der Waals surface area contributed by atoms with Gasteiger partial charge in [-0.2, -0.15) is 5.01 Å². The molecule has 9 nitrogen and oxygen atoms in total. The molecule has 2 heterocycles. The Morgan fingerprint density at radius 2 is 1.67 bits per heavy atom. The second-order valence-corrected chi connectivity index (χ2v) is 8.24. The molecule has 1 aromatic rings. The van der Waals surface area contributed by atoms with Gasteiger partial charge in [-0.3, -0.25) is 24.7 Å². The van der Waals surface area contributed by atoms with Crippen molar-refractivity contribution in [1.82, 2.24) is 25.6 Å². The number of aryl methyl sites for hydroxylation is 2. The van der Waals surface area contributed by atoms with E-state index in [1.165, 1.54) is 0 Å². The average molecular weight is 415 g/mol. The predicted octanol–water partition coefficient (Wildman–Crippen LogP) is 0.813. The van der Waals surface area contributed by atoms with Crippen LogP contribution in [0.1, 0.15) is 41.8 Å². The molecule has 2 aliphatic heterocycles. The Morgan fingerprint density at radius 1 is 1.07 bits per heavy atom. The number of carbonyl (C=O) groups is 4. The number of nitrogens with zero attached hydrogens (tertiary/aromatic N) is 3. The molecule has 2 aliphatic rings. The van der Waals surface area contributed by atoms with Crippen molar-refractivity contribution in [2.75, 3.05) is 32.7 Å². The molecule has 9 heteroatoms. The van der Waals surface area contributed by atoms with Crippen LogP contribution in [0.2, 0.25) is 0 Å². The Balaban J connectivity index is 1.51. The first-order chi connectivity index (χ1) is 14.1. The Kier molecular flexibility index (Phi) is 6.12. The van der Waals surface area contributed by atoms with Crippen molar-refractivity contribution >= 4 is 23.8 Å². The number of amides is 5. The van der Waals surface area contributed by atoms with Crippen molar-refractivity contribution in [3.8, 4) is 0 Å². The minimum absolute atomic E-state index is 0.0101. The second-order valence-electron chi connectivity index (χ2n) is 8.24. The SMILES string of the molecule is CCC1(C)NC(=O)N(NC(=O)CN2CCN(C(=O)c3cc(C)cc(C)c3)CC2)C1=O. The summed E-state index contributed by atoms with van der Waals surface area (Å²) in [4.78, 5) is 53.2. The molecule has 0 radical (unpaired) electrons. The topological polar surface area (TPSA) is 102 Å². The van der Waals surface area contributed by atoms with E-state index in [4.69, 9.17) is 0 Å². The van der Waals surface area contributed by atoms with E-state index >= 15 is 0 Å². The monoisotopic (exact) mass is 415 g/mol. The summed E-state index contributed by atoms with van der Waals surface area (Å²) >= 11 is 0. The summed E-state index contributed by atoms with van der Waals surface area (Å²) in [5.74, 6) is -0.913. The molecule has 0 aromatic heterocycles. The molecule has 0 spiro atoms. The first kappa shape index (κ1) is 21.8. The highest BCUT2D eigenvalue weighted by molar-refractivity contribution is 6.07. The largest absolute Gasteiger partial charge is 0.344 e. The third kappa shape index (κ3) is 4.46. The van der Waals surface area contributed by atoms with Crippen LogP contribution in [-0.4, -0.2) is 76.8 Å². The summed E-state index contributed by atoms with van der Waals surface area (Å²) in [5.41, 5.74) is 4.18. The number of hydrazine groups is 1. The van der Waals surface area contributed by atoms with Crippen LogP contribution in [0.5, 0.6) is 0 Å². The van der Waals surface area contributed by atoms with Crippen LogP contribution in [0, 0.1) is 13.8 Å². The Labute approximate surface area is 176 Å². The fourth-order valence-electron chi connectivity index (χ4n) is 3.78. The number of piperazine rings is 1. The van der Waals surface area contributed by atoms with Crippen molar-refractivity contribution in [2.45, 2.75) is 39.7 Å². The quantitative estimate of drug-likeness (QED) is 0.693. The zero-order valence-electron chi connectivity index (χ0n) is 17.9. The Morgan fingerprint density at radius 3 is 2.20 bits per heavy atom. The number of imide groups is 1. The standard InChI is InChI=1S/C21H29N5O4/c1-5-21(4)19(29)26(20(30)22-21)23-17(27)13-24-6-8-25(9-7-24)18(28)16-11-14(2)10-15(3)12-16/h10-12H,5-9,13H2,1-4H3,(H,22,30)(H,23,27). The van der Waals surface area contributed by atoms with E-state index in [0.717, 1.165) is 16.1 Å². The number of nitrogens with one attached hydrogen (secondary N) is 2. The number of carbonyl (C=O) groups excluding carboxylic acids is 4. The van der Waals surface area contributed by atoms with Gasteiger partial charge >= 0.3 is 6.03 Å². The minimum atomic E-state index is -0.996. The minimum Gasteiger partial charge on any atom is -0.336 e. The first-order valence-corrected chi connectivity index (χ1v) is 10.2. The lowest BCUT2D eigenvalue weighted by Crippen LogP contribution is -2.54. The lowest BCUT2D eigenvalue weighted by Gasteiger charge is -2.34. The van der Waals surface area contributed by atoms with Gasteiger partial charge in [0.05, 0.1) is 6.54 Å². The maximum absolute atomic E-state index is 12.8. The maximum atomic E-state index is 12.8. The molecular formula is C21H29N5O4. The van der Waals surface area contributed by atoms with Crippen LogP contribution in [-0.2, 0) is 9.59 Å². The van der Waals surface area contributed by atoms with Gasteiger partial charge in [0, 0.05) is 31.7 Å². The third-order valence-corrected chi connectivity index (χ3v) is 5.70. The van der Waals surface area contributed by atoms with Crippen molar-refractivity contribution in [3.05, 3.63) is 34.9 Å². The number of benzene rings is 1. The highest BCUT2D eigenvalue weighted by atomic mass is 16.2. The van der Waals surface area contributed by atoms with Crippen molar-refractivity contribution in [3.63, 3.8) is 0 Å².